The summed E-state index contributed by atoms with van der Waals surface area (Å²) in [5, 5.41) is 0. The fraction of sp³-hybridized carbons (Fsp3) is 1.00. The zero-order valence-corrected chi connectivity index (χ0v) is 12.0. The van der Waals surface area contributed by atoms with Gasteiger partial charge in [0.1, 0.15) is 0 Å². The first-order valence-corrected chi connectivity index (χ1v) is 7.47. The molecule has 106 valence electrons. The van der Waals surface area contributed by atoms with Gasteiger partial charge in [0.25, 0.3) is 0 Å². The Balaban J connectivity index is 1.78. The molecule has 18 heavy (non-hydrogen) atoms. The SMILES string of the molecule is CC(C)N1CCOC(CN2CCCC(CN)C2)C1. The number of hydrogen-bond donors (Lipinski definition) is 1. The lowest BCUT2D eigenvalue weighted by Gasteiger charge is -2.39. The summed E-state index contributed by atoms with van der Waals surface area (Å²) in [5.41, 5.74) is 5.79. The summed E-state index contributed by atoms with van der Waals surface area (Å²) in [5.74, 6) is 0.698. The highest BCUT2D eigenvalue weighted by Crippen LogP contribution is 2.17. The van der Waals surface area contributed by atoms with Crippen LogP contribution in [0.25, 0.3) is 0 Å². The van der Waals surface area contributed by atoms with E-state index in [0.29, 0.717) is 18.1 Å². The Morgan fingerprint density at radius 2 is 2.11 bits per heavy atom. The van der Waals surface area contributed by atoms with Crippen molar-refractivity contribution in [3.63, 3.8) is 0 Å². The van der Waals surface area contributed by atoms with Crippen molar-refractivity contribution in [2.24, 2.45) is 11.7 Å². The van der Waals surface area contributed by atoms with Gasteiger partial charge >= 0.3 is 0 Å². The monoisotopic (exact) mass is 255 g/mol. The molecule has 2 rings (SSSR count). The molecule has 0 amide bonds. The summed E-state index contributed by atoms with van der Waals surface area (Å²) in [6.45, 7) is 11.9. The molecule has 2 heterocycles. The van der Waals surface area contributed by atoms with Crippen molar-refractivity contribution in [1.29, 1.82) is 0 Å². The lowest BCUT2D eigenvalue weighted by Crippen LogP contribution is -2.51. The molecule has 2 atom stereocenters. The lowest BCUT2D eigenvalue weighted by molar-refractivity contribution is -0.0557. The molecule has 0 aromatic heterocycles. The van der Waals surface area contributed by atoms with Crippen molar-refractivity contribution in [2.45, 2.75) is 38.8 Å². The molecule has 0 aliphatic carbocycles. The summed E-state index contributed by atoms with van der Waals surface area (Å²) in [7, 11) is 0. The molecule has 2 unspecified atom stereocenters. The van der Waals surface area contributed by atoms with Crippen LogP contribution < -0.4 is 5.73 Å². The molecule has 2 aliphatic rings. The molecule has 4 nitrogen and oxygen atoms in total. The Morgan fingerprint density at radius 1 is 1.28 bits per heavy atom. The van der Waals surface area contributed by atoms with Crippen LogP contribution in [-0.4, -0.2) is 67.8 Å². The van der Waals surface area contributed by atoms with E-state index in [1.807, 2.05) is 0 Å². The van der Waals surface area contributed by atoms with E-state index in [9.17, 15) is 0 Å². The van der Waals surface area contributed by atoms with Crippen molar-refractivity contribution in [3.8, 4) is 0 Å². The molecule has 0 radical (unpaired) electrons. The van der Waals surface area contributed by atoms with Gasteiger partial charge in [0, 0.05) is 32.2 Å². The van der Waals surface area contributed by atoms with Gasteiger partial charge in [-0.2, -0.15) is 0 Å². The molecular formula is C14H29N3O. The van der Waals surface area contributed by atoms with Crippen LogP contribution in [0.2, 0.25) is 0 Å². The molecule has 0 spiro atoms. The van der Waals surface area contributed by atoms with Gasteiger partial charge in [-0.1, -0.05) is 0 Å². The van der Waals surface area contributed by atoms with E-state index in [4.69, 9.17) is 10.5 Å². The Hall–Kier alpha value is -0.160. The molecule has 0 bridgehead atoms. The van der Waals surface area contributed by atoms with Gasteiger partial charge in [0.15, 0.2) is 0 Å². The van der Waals surface area contributed by atoms with E-state index in [2.05, 4.69) is 23.6 Å². The van der Waals surface area contributed by atoms with E-state index in [1.54, 1.807) is 0 Å². The Labute approximate surface area is 111 Å². The maximum Gasteiger partial charge on any atom is 0.0829 e. The minimum Gasteiger partial charge on any atom is -0.374 e. The van der Waals surface area contributed by atoms with Crippen LogP contribution in [0.1, 0.15) is 26.7 Å². The normalized spacial score (nSPS) is 32.0. The van der Waals surface area contributed by atoms with Crippen LogP contribution in [0.15, 0.2) is 0 Å². The second kappa shape index (κ2) is 6.85. The summed E-state index contributed by atoms with van der Waals surface area (Å²) in [6.07, 6.45) is 2.98. The molecule has 4 heteroatoms. The Morgan fingerprint density at radius 3 is 2.83 bits per heavy atom. The van der Waals surface area contributed by atoms with Crippen molar-refractivity contribution < 1.29 is 4.74 Å². The molecule has 2 N–H and O–H groups in total. The Kier molecular flexibility index (Phi) is 5.42. The predicted octanol–water partition coefficient (Wildman–Crippen LogP) is 0.766. The average molecular weight is 255 g/mol. The van der Waals surface area contributed by atoms with Gasteiger partial charge in [0.05, 0.1) is 12.7 Å². The highest BCUT2D eigenvalue weighted by atomic mass is 16.5. The molecule has 0 aromatic rings. The van der Waals surface area contributed by atoms with E-state index >= 15 is 0 Å². The van der Waals surface area contributed by atoms with Crippen LogP contribution >= 0.6 is 0 Å². The molecule has 0 aromatic carbocycles. The summed E-state index contributed by atoms with van der Waals surface area (Å²) in [4.78, 5) is 5.08. The van der Waals surface area contributed by atoms with Crippen LogP contribution in [0.3, 0.4) is 0 Å². The van der Waals surface area contributed by atoms with Gasteiger partial charge in [-0.15, -0.1) is 0 Å². The van der Waals surface area contributed by atoms with Gasteiger partial charge in [-0.3, -0.25) is 4.90 Å². The molecule has 2 aliphatic heterocycles. The smallest absolute Gasteiger partial charge is 0.0829 e. The lowest BCUT2D eigenvalue weighted by atomic mass is 9.98. The first kappa shape index (κ1) is 14.3. The van der Waals surface area contributed by atoms with Crippen LogP contribution in [0.4, 0.5) is 0 Å². The summed E-state index contributed by atoms with van der Waals surface area (Å²) in [6, 6.07) is 0.634. The van der Waals surface area contributed by atoms with E-state index in [1.165, 1.54) is 19.4 Å². The zero-order valence-electron chi connectivity index (χ0n) is 12.0. The number of ether oxygens (including phenoxy) is 1. The minimum absolute atomic E-state index is 0.387. The first-order valence-electron chi connectivity index (χ1n) is 7.47. The third kappa shape index (κ3) is 3.92. The average Bonchev–Trinajstić information content (AvgIpc) is 2.39. The predicted molar refractivity (Wildman–Crippen MR) is 74.7 cm³/mol. The van der Waals surface area contributed by atoms with Crippen molar-refractivity contribution in [1.82, 2.24) is 9.80 Å². The van der Waals surface area contributed by atoms with Gasteiger partial charge < -0.3 is 15.4 Å². The fourth-order valence-corrected chi connectivity index (χ4v) is 3.12. The number of morpholine rings is 1. The molecule has 0 saturated carbocycles. The number of nitrogens with zero attached hydrogens (tertiary/aromatic N) is 2. The van der Waals surface area contributed by atoms with Crippen LogP contribution in [0, 0.1) is 5.92 Å². The Bertz CT molecular complexity index is 247. The second-order valence-corrected chi connectivity index (χ2v) is 6.09. The highest BCUT2D eigenvalue weighted by molar-refractivity contribution is 4.80. The molecule has 2 fully saturated rings. The van der Waals surface area contributed by atoms with Crippen molar-refractivity contribution >= 4 is 0 Å². The molecule has 2 saturated heterocycles. The third-order valence-corrected chi connectivity index (χ3v) is 4.30. The first-order chi connectivity index (χ1) is 8.69. The van der Waals surface area contributed by atoms with E-state index in [0.717, 1.165) is 39.3 Å². The largest absolute Gasteiger partial charge is 0.374 e. The number of rotatable bonds is 4. The minimum atomic E-state index is 0.387. The number of likely N-dealkylation sites (tertiary alicyclic amines) is 1. The standard InChI is InChI=1S/C14H29N3O/c1-12(2)17-6-7-18-14(11-17)10-16-5-3-4-13(8-15)9-16/h12-14H,3-11,15H2,1-2H3. The van der Waals surface area contributed by atoms with Crippen LogP contribution in [0.5, 0.6) is 0 Å². The summed E-state index contributed by atoms with van der Waals surface area (Å²) >= 11 is 0. The zero-order chi connectivity index (χ0) is 13.0. The number of hydrogen-bond acceptors (Lipinski definition) is 4. The summed E-state index contributed by atoms with van der Waals surface area (Å²) < 4.78 is 5.92. The van der Waals surface area contributed by atoms with E-state index in [-0.39, 0.29) is 0 Å². The number of nitrogens with two attached hydrogens (primary N) is 1. The second-order valence-electron chi connectivity index (χ2n) is 6.09. The van der Waals surface area contributed by atoms with Gasteiger partial charge in [0.2, 0.25) is 0 Å². The van der Waals surface area contributed by atoms with Crippen molar-refractivity contribution in [3.05, 3.63) is 0 Å². The van der Waals surface area contributed by atoms with E-state index < -0.39 is 0 Å². The third-order valence-electron chi connectivity index (χ3n) is 4.30. The topological polar surface area (TPSA) is 41.7 Å². The van der Waals surface area contributed by atoms with Gasteiger partial charge in [-0.25, -0.2) is 0 Å². The van der Waals surface area contributed by atoms with Crippen molar-refractivity contribution in [2.75, 3.05) is 45.9 Å². The maximum absolute atomic E-state index is 5.92. The quantitative estimate of drug-likeness (QED) is 0.805. The molecular weight excluding hydrogens is 226 g/mol. The number of piperidine rings is 1. The van der Waals surface area contributed by atoms with Crippen LogP contribution in [-0.2, 0) is 4.74 Å². The highest BCUT2D eigenvalue weighted by Gasteiger charge is 2.26. The fourth-order valence-electron chi connectivity index (χ4n) is 3.12. The van der Waals surface area contributed by atoms with Gasteiger partial charge in [-0.05, 0) is 45.7 Å². The maximum atomic E-state index is 5.92.